The first-order chi connectivity index (χ1) is 11.4. The predicted octanol–water partition coefficient (Wildman–Crippen LogP) is 0.636. The number of nitrogens with zero attached hydrogens (tertiary/aromatic N) is 3. The molecular formula is C16H27N3O4S. The molecule has 136 valence electrons. The molecule has 1 saturated heterocycles. The van der Waals surface area contributed by atoms with E-state index in [9.17, 15) is 8.42 Å². The van der Waals surface area contributed by atoms with E-state index < -0.39 is 10.2 Å². The molecule has 0 spiro atoms. The lowest BCUT2D eigenvalue weighted by Gasteiger charge is -2.32. The van der Waals surface area contributed by atoms with Crippen LogP contribution in [0.2, 0.25) is 0 Å². The van der Waals surface area contributed by atoms with Crippen LogP contribution in [0.3, 0.4) is 0 Å². The van der Waals surface area contributed by atoms with Crippen LogP contribution in [-0.4, -0.2) is 82.5 Å². The van der Waals surface area contributed by atoms with Crippen molar-refractivity contribution in [2.45, 2.75) is 6.54 Å². The van der Waals surface area contributed by atoms with Crippen LogP contribution in [0.1, 0.15) is 5.56 Å². The molecule has 1 aliphatic rings. The highest BCUT2D eigenvalue weighted by atomic mass is 32.2. The summed E-state index contributed by atoms with van der Waals surface area (Å²) < 4.78 is 39.6. The Labute approximate surface area is 144 Å². The quantitative estimate of drug-likeness (QED) is 0.683. The summed E-state index contributed by atoms with van der Waals surface area (Å²) in [4.78, 5) is 1.98. The van der Waals surface area contributed by atoms with Crippen molar-refractivity contribution in [3.8, 4) is 5.75 Å². The summed E-state index contributed by atoms with van der Waals surface area (Å²) in [6, 6.07) is 7.52. The summed E-state index contributed by atoms with van der Waals surface area (Å²) in [6.07, 6.45) is 0. The molecule has 0 amide bonds. The standard InChI is InChI=1S/C16H27N3O4S/c1-17(2)7-8-19(14-15-5-4-6-16(13-15)22-3)24(20,21)18-9-11-23-12-10-18/h4-6,13H,7-12,14H2,1-3H3. The van der Waals surface area contributed by atoms with Crippen molar-refractivity contribution in [1.82, 2.24) is 13.5 Å². The molecule has 1 aromatic carbocycles. The van der Waals surface area contributed by atoms with E-state index in [4.69, 9.17) is 9.47 Å². The zero-order chi connectivity index (χ0) is 17.6. The van der Waals surface area contributed by atoms with Gasteiger partial charge in [-0.2, -0.15) is 17.0 Å². The summed E-state index contributed by atoms with van der Waals surface area (Å²) in [5, 5.41) is 0. The maximum Gasteiger partial charge on any atom is 0.282 e. The van der Waals surface area contributed by atoms with E-state index in [1.807, 2.05) is 43.3 Å². The fraction of sp³-hybridized carbons (Fsp3) is 0.625. The number of hydrogen-bond donors (Lipinski definition) is 0. The Morgan fingerprint density at radius 2 is 1.92 bits per heavy atom. The Hall–Kier alpha value is -1.19. The normalized spacial score (nSPS) is 16.7. The largest absolute Gasteiger partial charge is 0.497 e. The van der Waals surface area contributed by atoms with Gasteiger partial charge < -0.3 is 14.4 Å². The van der Waals surface area contributed by atoms with Gasteiger partial charge in [-0.05, 0) is 31.8 Å². The molecule has 0 unspecified atom stereocenters. The number of morpholine rings is 1. The van der Waals surface area contributed by atoms with E-state index in [1.54, 1.807) is 7.11 Å². The highest BCUT2D eigenvalue weighted by Gasteiger charge is 2.31. The summed E-state index contributed by atoms with van der Waals surface area (Å²) in [7, 11) is 1.96. The third-order valence-electron chi connectivity index (χ3n) is 3.91. The lowest BCUT2D eigenvalue weighted by Crippen LogP contribution is -2.49. The average Bonchev–Trinajstić information content (AvgIpc) is 2.59. The Kier molecular flexibility index (Phi) is 7.00. The second-order valence-corrected chi connectivity index (χ2v) is 7.94. The minimum atomic E-state index is -3.52. The van der Waals surface area contributed by atoms with Gasteiger partial charge >= 0.3 is 0 Å². The number of benzene rings is 1. The van der Waals surface area contributed by atoms with Gasteiger partial charge in [0.1, 0.15) is 5.75 Å². The lowest BCUT2D eigenvalue weighted by atomic mass is 10.2. The molecule has 1 heterocycles. The lowest BCUT2D eigenvalue weighted by molar-refractivity contribution is 0.0698. The first-order valence-corrected chi connectivity index (χ1v) is 9.44. The average molecular weight is 357 g/mol. The molecule has 0 N–H and O–H groups in total. The summed E-state index contributed by atoms with van der Waals surface area (Å²) in [5.41, 5.74) is 0.907. The molecule has 0 aromatic heterocycles. The number of ether oxygens (including phenoxy) is 2. The Morgan fingerprint density at radius 1 is 1.21 bits per heavy atom. The minimum absolute atomic E-state index is 0.324. The molecule has 0 bridgehead atoms. The minimum Gasteiger partial charge on any atom is -0.497 e. The first kappa shape index (κ1) is 19.1. The Balaban J connectivity index is 2.19. The van der Waals surface area contributed by atoms with Crippen molar-refractivity contribution in [1.29, 1.82) is 0 Å². The van der Waals surface area contributed by atoms with Crippen molar-refractivity contribution in [2.75, 3.05) is 60.6 Å². The number of hydrogen-bond acceptors (Lipinski definition) is 5. The van der Waals surface area contributed by atoms with Gasteiger partial charge in [0.05, 0.1) is 20.3 Å². The van der Waals surface area contributed by atoms with Gasteiger partial charge in [0.2, 0.25) is 0 Å². The monoisotopic (exact) mass is 357 g/mol. The molecule has 0 atom stereocenters. The van der Waals surface area contributed by atoms with Crippen LogP contribution >= 0.6 is 0 Å². The van der Waals surface area contributed by atoms with E-state index in [0.29, 0.717) is 45.9 Å². The van der Waals surface area contributed by atoms with Crippen LogP contribution in [0.25, 0.3) is 0 Å². The Morgan fingerprint density at radius 3 is 2.54 bits per heavy atom. The second-order valence-electron chi connectivity index (χ2n) is 6.01. The topological polar surface area (TPSA) is 62.3 Å². The third kappa shape index (κ3) is 5.15. The predicted molar refractivity (Wildman–Crippen MR) is 93.3 cm³/mol. The van der Waals surface area contributed by atoms with Crippen molar-refractivity contribution in [3.63, 3.8) is 0 Å². The van der Waals surface area contributed by atoms with E-state index in [2.05, 4.69) is 0 Å². The molecule has 1 aromatic rings. The fourth-order valence-electron chi connectivity index (χ4n) is 2.50. The maximum atomic E-state index is 13.0. The molecule has 1 fully saturated rings. The van der Waals surface area contributed by atoms with Gasteiger partial charge in [0, 0.05) is 32.7 Å². The third-order valence-corrected chi connectivity index (χ3v) is 5.89. The molecule has 7 nitrogen and oxygen atoms in total. The Bertz CT molecular complexity index is 616. The summed E-state index contributed by atoms with van der Waals surface area (Å²) >= 11 is 0. The van der Waals surface area contributed by atoms with Gasteiger partial charge in [0.25, 0.3) is 10.2 Å². The molecule has 0 aliphatic carbocycles. The summed E-state index contributed by atoms with van der Waals surface area (Å²) in [6.45, 7) is 3.11. The summed E-state index contributed by atoms with van der Waals surface area (Å²) in [5.74, 6) is 0.726. The van der Waals surface area contributed by atoms with E-state index >= 15 is 0 Å². The van der Waals surface area contributed by atoms with Crippen molar-refractivity contribution < 1.29 is 17.9 Å². The molecule has 2 rings (SSSR count). The smallest absolute Gasteiger partial charge is 0.282 e. The van der Waals surface area contributed by atoms with Crippen LogP contribution in [-0.2, 0) is 21.5 Å². The first-order valence-electron chi connectivity index (χ1n) is 8.04. The molecule has 8 heteroatoms. The van der Waals surface area contributed by atoms with Gasteiger partial charge in [0.15, 0.2) is 0 Å². The van der Waals surface area contributed by atoms with Crippen LogP contribution in [0.15, 0.2) is 24.3 Å². The second kappa shape index (κ2) is 8.77. The van der Waals surface area contributed by atoms with Gasteiger partial charge in [-0.3, -0.25) is 0 Å². The number of rotatable bonds is 8. The molecule has 1 aliphatic heterocycles. The van der Waals surface area contributed by atoms with Crippen LogP contribution in [0.4, 0.5) is 0 Å². The number of methoxy groups -OCH3 is 1. The van der Waals surface area contributed by atoms with E-state index in [-0.39, 0.29) is 0 Å². The van der Waals surface area contributed by atoms with Crippen LogP contribution < -0.4 is 4.74 Å². The van der Waals surface area contributed by atoms with Crippen LogP contribution in [0.5, 0.6) is 5.75 Å². The van der Waals surface area contributed by atoms with Crippen molar-refractivity contribution in [2.24, 2.45) is 0 Å². The molecule has 0 radical (unpaired) electrons. The van der Waals surface area contributed by atoms with Crippen molar-refractivity contribution in [3.05, 3.63) is 29.8 Å². The molecule has 0 saturated carbocycles. The molecular weight excluding hydrogens is 330 g/mol. The zero-order valence-corrected chi connectivity index (χ0v) is 15.5. The van der Waals surface area contributed by atoms with Gasteiger partial charge in [-0.15, -0.1) is 0 Å². The number of likely N-dealkylation sites (N-methyl/N-ethyl adjacent to an activating group) is 1. The SMILES string of the molecule is COc1cccc(CN(CCN(C)C)S(=O)(=O)N2CCOCC2)c1. The highest BCUT2D eigenvalue weighted by molar-refractivity contribution is 7.86. The zero-order valence-electron chi connectivity index (χ0n) is 14.6. The van der Waals surface area contributed by atoms with E-state index in [0.717, 1.165) is 11.3 Å². The highest BCUT2D eigenvalue weighted by Crippen LogP contribution is 2.18. The van der Waals surface area contributed by atoms with Crippen molar-refractivity contribution >= 4 is 10.2 Å². The fourth-order valence-corrected chi connectivity index (χ4v) is 4.06. The maximum absolute atomic E-state index is 13.0. The van der Waals surface area contributed by atoms with Crippen LogP contribution in [0, 0.1) is 0 Å². The van der Waals surface area contributed by atoms with E-state index in [1.165, 1.54) is 8.61 Å². The molecule has 24 heavy (non-hydrogen) atoms. The van der Waals surface area contributed by atoms with Gasteiger partial charge in [-0.25, -0.2) is 0 Å². The van der Waals surface area contributed by atoms with Gasteiger partial charge in [-0.1, -0.05) is 12.1 Å².